The van der Waals surface area contributed by atoms with Crippen LogP contribution in [0.2, 0.25) is 0 Å². The van der Waals surface area contributed by atoms with Crippen LogP contribution >= 0.6 is 0 Å². The highest BCUT2D eigenvalue weighted by molar-refractivity contribution is 6.00. The van der Waals surface area contributed by atoms with E-state index in [1.54, 1.807) is 13.0 Å². The Bertz CT molecular complexity index is 695. The summed E-state index contributed by atoms with van der Waals surface area (Å²) in [5, 5.41) is 30.7. The van der Waals surface area contributed by atoms with Crippen molar-refractivity contribution in [1.29, 1.82) is 0 Å². The highest BCUT2D eigenvalue weighted by atomic mass is 16.7. The van der Waals surface area contributed by atoms with Gasteiger partial charge in [0.2, 0.25) is 0 Å². The number of Topliss-reactive ketones (excluding diaryl/α,β-unsaturated/α-hetero) is 1. The molecule has 3 N–H and O–H groups in total. The molecule has 3 fully saturated rings. The molecule has 2 heterocycles. The molecule has 8 nitrogen and oxygen atoms in total. The van der Waals surface area contributed by atoms with E-state index in [0.29, 0.717) is 12.2 Å². The summed E-state index contributed by atoms with van der Waals surface area (Å²) in [6.45, 7) is 4.62. The van der Waals surface area contributed by atoms with Gasteiger partial charge in [-0.15, -0.1) is 0 Å². The molecule has 1 spiro atoms. The summed E-state index contributed by atoms with van der Waals surface area (Å²) < 4.78 is 17.4. The van der Waals surface area contributed by atoms with E-state index >= 15 is 0 Å². The number of fused-ring (bicyclic) bond motifs is 2. The predicted molar refractivity (Wildman–Crippen MR) is 85.9 cm³/mol. The van der Waals surface area contributed by atoms with Crippen molar-refractivity contribution in [2.75, 3.05) is 13.2 Å². The normalized spacial score (nSPS) is 50.2. The smallest absolute Gasteiger partial charge is 0.335 e. The number of aliphatic hydroxyl groups excluding tert-OH is 3. The van der Waals surface area contributed by atoms with Gasteiger partial charge in [0, 0.05) is 5.41 Å². The van der Waals surface area contributed by atoms with Crippen LogP contribution in [0, 0.1) is 10.8 Å². The highest BCUT2D eigenvalue weighted by Gasteiger charge is 2.83. The topological polar surface area (TPSA) is 126 Å². The maximum Gasteiger partial charge on any atom is 0.335 e. The largest absolute Gasteiger partial charge is 0.458 e. The molecule has 0 radical (unpaired) electrons. The van der Waals surface area contributed by atoms with Crippen molar-refractivity contribution in [3.8, 4) is 0 Å². The van der Waals surface area contributed by atoms with Gasteiger partial charge in [-0.1, -0.05) is 6.92 Å². The zero-order valence-electron chi connectivity index (χ0n) is 15.0. The summed E-state index contributed by atoms with van der Waals surface area (Å²) in [5.41, 5.74) is -2.60. The van der Waals surface area contributed by atoms with Crippen molar-refractivity contribution >= 4 is 11.8 Å². The van der Waals surface area contributed by atoms with Crippen molar-refractivity contribution < 1.29 is 39.1 Å². The third kappa shape index (κ3) is 1.86. The van der Waals surface area contributed by atoms with Gasteiger partial charge in [0.05, 0.1) is 24.7 Å². The third-order valence-electron chi connectivity index (χ3n) is 7.02. The molecule has 4 aliphatic rings. The van der Waals surface area contributed by atoms with E-state index in [1.807, 2.05) is 6.92 Å². The Hall–Kier alpha value is -1.32. The molecule has 8 heteroatoms. The van der Waals surface area contributed by atoms with Crippen LogP contribution < -0.4 is 0 Å². The molecule has 0 aromatic carbocycles. The summed E-state index contributed by atoms with van der Waals surface area (Å²) in [5.74, 6) is -1.21. The van der Waals surface area contributed by atoms with E-state index in [2.05, 4.69) is 0 Å². The predicted octanol–water partition coefficient (Wildman–Crippen LogP) is -0.906. The number of ketones is 1. The number of hydrogen-bond donors (Lipinski definition) is 3. The van der Waals surface area contributed by atoms with Crippen LogP contribution in [-0.2, 0) is 23.8 Å². The van der Waals surface area contributed by atoms with Gasteiger partial charge in [0.25, 0.3) is 0 Å². The maximum atomic E-state index is 12.5. The molecule has 0 aromatic rings. The van der Waals surface area contributed by atoms with Crippen LogP contribution in [0.4, 0.5) is 0 Å². The number of aliphatic hydroxyl groups is 3. The fraction of sp³-hybridized carbons (Fsp3) is 0.778. The Morgan fingerprint density at radius 1 is 1.50 bits per heavy atom. The summed E-state index contributed by atoms with van der Waals surface area (Å²) in [7, 11) is 0. The van der Waals surface area contributed by atoms with Gasteiger partial charge >= 0.3 is 5.97 Å². The van der Waals surface area contributed by atoms with Gasteiger partial charge < -0.3 is 29.5 Å². The van der Waals surface area contributed by atoms with Crippen LogP contribution in [0.5, 0.6) is 0 Å². The molecule has 0 amide bonds. The Morgan fingerprint density at radius 2 is 2.15 bits per heavy atom. The zero-order chi connectivity index (χ0) is 19.1. The Balaban J connectivity index is 1.80. The highest BCUT2D eigenvalue weighted by Crippen LogP contribution is 2.71. The molecule has 8 atom stereocenters. The molecule has 2 aliphatic heterocycles. The first-order valence-electron chi connectivity index (χ1n) is 8.84. The lowest BCUT2D eigenvalue weighted by atomic mass is 9.50. The quantitative estimate of drug-likeness (QED) is 0.432. The zero-order valence-corrected chi connectivity index (χ0v) is 15.0. The monoisotopic (exact) mass is 368 g/mol. The second-order valence-electron chi connectivity index (χ2n) is 8.16. The van der Waals surface area contributed by atoms with Gasteiger partial charge in [-0.3, -0.25) is 4.79 Å². The fourth-order valence-corrected chi connectivity index (χ4v) is 5.34. The van der Waals surface area contributed by atoms with Crippen LogP contribution in [0.15, 0.2) is 11.6 Å². The Morgan fingerprint density at radius 3 is 2.69 bits per heavy atom. The summed E-state index contributed by atoms with van der Waals surface area (Å²) >= 11 is 0. The van der Waals surface area contributed by atoms with Crippen LogP contribution in [0.3, 0.4) is 0 Å². The molecule has 2 bridgehead atoms. The first-order valence-corrected chi connectivity index (χ1v) is 8.84. The number of rotatable bonds is 3. The maximum absolute atomic E-state index is 12.5. The molecule has 2 saturated heterocycles. The van der Waals surface area contributed by atoms with Crippen molar-refractivity contribution in [3.05, 3.63) is 11.6 Å². The molecule has 26 heavy (non-hydrogen) atoms. The van der Waals surface area contributed by atoms with E-state index < -0.39 is 65.3 Å². The number of hydrogen-bond acceptors (Lipinski definition) is 8. The van der Waals surface area contributed by atoms with Crippen LogP contribution in [0.25, 0.3) is 0 Å². The lowest BCUT2D eigenvalue weighted by Crippen LogP contribution is -2.70. The average molecular weight is 368 g/mol. The molecular weight excluding hydrogens is 344 g/mol. The first kappa shape index (κ1) is 18.1. The lowest BCUT2D eigenvalue weighted by molar-refractivity contribution is -0.245. The summed E-state index contributed by atoms with van der Waals surface area (Å²) in [4.78, 5) is 24.4. The molecule has 1 saturated carbocycles. The fourth-order valence-electron chi connectivity index (χ4n) is 5.34. The average Bonchev–Trinajstić information content (AvgIpc) is 3.35. The molecule has 2 aliphatic carbocycles. The van der Waals surface area contributed by atoms with Crippen molar-refractivity contribution in [2.45, 2.75) is 63.3 Å². The Kier molecular flexibility index (Phi) is 3.72. The molecule has 0 aromatic heterocycles. The number of epoxide rings is 1. The minimum Gasteiger partial charge on any atom is -0.458 e. The molecular formula is C18H24O8. The van der Waals surface area contributed by atoms with E-state index in [4.69, 9.17) is 14.2 Å². The van der Waals surface area contributed by atoms with Gasteiger partial charge in [-0.25, -0.2) is 4.79 Å². The second-order valence-corrected chi connectivity index (χ2v) is 8.16. The Labute approximate surface area is 150 Å². The number of carbonyl (C=O) groups is 2. The van der Waals surface area contributed by atoms with Crippen LogP contribution in [0.1, 0.15) is 27.2 Å². The summed E-state index contributed by atoms with van der Waals surface area (Å²) in [6, 6.07) is 0. The molecule has 4 rings (SSSR count). The molecule has 144 valence electrons. The number of ether oxygens (including phenoxy) is 3. The standard InChI is InChI=1S/C18H24O8/c1-8-4-11-17(6-19,13(22)12(8)21)16(3)5-10(25-15(23)9(2)20)14(26-11)18(16)7-24-18/h4,9-11,13-14,19-20,22H,5-7H2,1-3H3/t9?,10-,11+,13+,14+,16+,17+,18?/m1/s1. The van der Waals surface area contributed by atoms with Gasteiger partial charge in [0.1, 0.15) is 30.0 Å². The van der Waals surface area contributed by atoms with Crippen molar-refractivity contribution in [3.63, 3.8) is 0 Å². The summed E-state index contributed by atoms with van der Waals surface area (Å²) in [6.07, 6.45) is -2.84. The minimum absolute atomic E-state index is 0.254. The minimum atomic E-state index is -1.44. The van der Waals surface area contributed by atoms with E-state index in [1.165, 1.54) is 6.92 Å². The molecule has 2 unspecified atom stereocenters. The SMILES string of the molecule is CC1=C[C@@H]2O[C@H]3[C@H](OC(=O)C(C)O)C[C@](C)(C34CO4)[C@]2(CO)[C@@H](O)C1=O. The second kappa shape index (κ2) is 5.36. The third-order valence-corrected chi connectivity index (χ3v) is 7.02. The van der Waals surface area contributed by atoms with Gasteiger partial charge in [0.15, 0.2) is 5.78 Å². The van der Waals surface area contributed by atoms with Gasteiger partial charge in [-0.05, 0) is 31.9 Å². The van der Waals surface area contributed by atoms with Gasteiger partial charge in [-0.2, -0.15) is 0 Å². The van der Waals surface area contributed by atoms with Crippen molar-refractivity contribution in [2.24, 2.45) is 10.8 Å². The van der Waals surface area contributed by atoms with Crippen molar-refractivity contribution in [1.82, 2.24) is 0 Å². The number of esters is 1. The van der Waals surface area contributed by atoms with E-state index in [9.17, 15) is 24.9 Å². The van der Waals surface area contributed by atoms with E-state index in [0.717, 1.165) is 0 Å². The van der Waals surface area contributed by atoms with E-state index in [-0.39, 0.29) is 6.42 Å². The first-order chi connectivity index (χ1) is 12.1. The number of carbonyl (C=O) groups excluding carboxylic acids is 2. The lowest BCUT2D eigenvalue weighted by Gasteiger charge is -2.58. The van der Waals surface area contributed by atoms with Crippen LogP contribution in [-0.4, -0.2) is 76.4 Å².